The molecule has 0 aromatic carbocycles. The third-order valence-corrected chi connectivity index (χ3v) is 3.33. The fraction of sp³-hybridized carbons (Fsp3) is 0.667. The van der Waals surface area contributed by atoms with Gasteiger partial charge in [0.25, 0.3) is 5.56 Å². The van der Waals surface area contributed by atoms with E-state index in [0.29, 0.717) is 19.8 Å². The van der Waals surface area contributed by atoms with Crippen LogP contribution in [0.1, 0.15) is 12.8 Å². The van der Waals surface area contributed by atoms with Gasteiger partial charge in [-0.1, -0.05) is 0 Å². The normalized spacial score (nSPS) is 15.9. The Morgan fingerprint density at radius 3 is 2.78 bits per heavy atom. The summed E-state index contributed by atoms with van der Waals surface area (Å²) in [6, 6.07) is 1.67. The molecule has 1 aliphatic rings. The zero-order valence-electron chi connectivity index (χ0n) is 10.4. The third kappa shape index (κ3) is 3.49. The number of anilines is 1. The zero-order chi connectivity index (χ0) is 12.8. The van der Waals surface area contributed by atoms with Gasteiger partial charge in [-0.25, -0.2) is 4.68 Å². The molecule has 6 heteroatoms. The minimum atomic E-state index is -0.0295. The van der Waals surface area contributed by atoms with Gasteiger partial charge in [-0.2, -0.15) is 17.7 Å². The van der Waals surface area contributed by atoms with E-state index in [0.717, 1.165) is 37.4 Å². The van der Waals surface area contributed by atoms with Crippen LogP contribution < -0.4 is 10.5 Å². The van der Waals surface area contributed by atoms with Crippen molar-refractivity contribution in [3.63, 3.8) is 0 Å². The van der Waals surface area contributed by atoms with Crippen LogP contribution in [-0.2, 0) is 11.3 Å². The van der Waals surface area contributed by atoms with Gasteiger partial charge in [0.15, 0.2) is 0 Å². The van der Waals surface area contributed by atoms with Crippen LogP contribution in [0.4, 0.5) is 5.69 Å². The van der Waals surface area contributed by atoms with E-state index in [1.54, 1.807) is 12.3 Å². The molecule has 0 atom stereocenters. The van der Waals surface area contributed by atoms with Gasteiger partial charge < -0.3 is 9.64 Å². The van der Waals surface area contributed by atoms with Gasteiger partial charge in [0.05, 0.1) is 25.1 Å². The van der Waals surface area contributed by atoms with Crippen molar-refractivity contribution in [3.05, 3.63) is 22.6 Å². The second kappa shape index (κ2) is 6.80. The number of hydrogen-bond acceptors (Lipinski definition) is 5. The first-order valence-corrected chi connectivity index (χ1v) is 6.95. The first-order chi connectivity index (χ1) is 8.81. The van der Waals surface area contributed by atoms with E-state index in [1.807, 2.05) is 0 Å². The standard InChI is InChI=1S/C12H19N3O2S/c16-12-9-11(14-4-6-17-7-5-14)10-13-15(12)3-1-2-8-18/h9-10,18H,1-8H2. The minimum Gasteiger partial charge on any atom is -0.378 e. The van der Waals surface area contributed by atoms with Crippen molar-refractivity contribution in [1.29, 1.82) is 0 Å². The number of aromatic nitrogens is 2. The van der Waals surface area contributed by atoms with Gasteiger partial charge in [-0.05, 0) is 18.6 Å². The second-order valence-electron chi connectivity index (χ2n) is 4.31. The predicted molar refractivity (Wildman–Crippen MR) is 74.6 cm³/mol. The molecular weight excluding hydrogens is 250 g/mol. The molecule has 0 radical (unpaired) electrons. The fourth-order valence-corrected chi connectivity index (χ4v) is 2.18. The molecule has 0 amide bonds. The Kier molecular flexibility index (Phi) is 5.07. The lowest BCUT2D eigenvalue weighted by molar-refractivity contribution is 0.122. The van der Waals surface area contributed by atoms with Crippen LogP contribution in [0.15, 0.2) is 17.1 Å². The Morgan fingerprint density at radius 1 is 1.33 bits per heavy atom. The average molecular weight is 269 g/mol. The topological polar surface area (TPSA) is 47.4 Å². The lowest BCUT2D eigenvalue weighted by Gasteiger charge is -2.28. The first kappa shape index (κ1) is 13.4. The van der Waals surface area contributed by atoms with Crippen molar-refractivity contribution in [3.8, 4) is 0 Å². The van der Waals surface area contributed by atoms with Crippen LogP contribution in [0, 0.1) is 0 Å². The SMILES string of the molecule is O=c1cc(N2CCOCC2)cnn1CCCCS. The minimum absolute atomic E-state index is 0.0295. The number of hydrogen-bond donors (Lipinski definition) is 1. The maximum absolute atomic E-state index is 11.9. The Labute approximate surface area is 112 Å². The highest BCUT2D eigenvalue weighted by molar-refractivity contribution is 7.80. The summed E-state index contributed by atoms with van der Waals surface area (Å²) in [5.41, 5.74) is 0.868. The van der Waals surface area contributed by atoms with Crippen LogP contribution in [0.3, 0.4) is 0 Å². The molecule has 2 heterocycles. The van der Waals surface area contributed by atoms with Crippen LogP contribution in [-0.4, -0.2) is 41.8 Å². The molecule has 0 bridgehead atoms. The Balaban J connectivity index is 2.02. The number of morpholine rings is 1. The molecular formula is C12H19N3O2S. The number of ether oxygens (including phenoxy) is 1. The summed E-state index contributed by atoms with van der Waals surface area (Å²) in [5.74, 6) is 0.848. The summed E-state index contributed by atoms with van der Waals surface area (Å²) in [5, 5.41) is 4.22. The third-order valence-electron chi connectivity index (χ3n) is 3.01. The quantitative estimate of drug-likeness (QED) is 0.634. The largest absolute Gasteiger partial charge is 0.378 e. The lowest BCUT2D eigenvalue weighted by atomic mass is 10.3. The molecule has 5 nitrogen and oxygen atoms in total. The molecule has 1 saturated heterocycles. The molecule has 18 heavy (non-hydrogen) atoms. The van der Waals surface area contributed by atoms with E-state index in [4.69, 9.17) is 4.74 Å². The van der Waals surface area contributed by atoms with Crippen molar-refractivity contribution < 1.29 is 4.74 Å². The van der Waals surface area contributed by atoms with Crippen LogP contribution in [0.2, 0.25) is 0 Å². The maximum atomic E-state index is 11.9. The van der Waals surface area contributed by atoms with Gasteiger partial charge in [-0.3, -0.25) is 4.79 Å². The average Bonchev–Trinajstić information content (AvgIpc) is 2.42. The van der Waals surface area contributed by atoms with Crippen LogP contribution >= 0.6 is 12.6 Å². The Bertz CT molecular complexity index is 430. The molecule has 0 unspecified atom stereocenters. The molecule has 0 saturated carbocycles. The van der Waals surface area contributed by atoms with E-state index in [-0.39, 0.29) is 5.56 Å². The van der Waals surface area contributed by atoms with E-state index >= 15 is 0 Å². The van der Waals surface area contributed by atoms with Gasteiger partial charge >= 0.3 is 0 Å². The molecule has 1 aromatic rings. The van der Waals surface area contributed by atoms with E-state index in [2.05, 4.69) is 22.6 Å². The molecule has 1 aromatic heterocycles. The Hall–Kier alpha value is -1.01. The number of aryl methyl sites for hydroxylation is 1. The van der Waals surface area contributed by atoms with Crippen molar-refractivity contribution in [2.45, 2.75) is 19.4 Å². The highest BCUT2D eigenvalue weighted by Crippen LogP contribution is 2.11. The number of unbranched alkanes of at least 4 members (excludes halogenated alkanes) is 1. The van der Waals surface area contributed by atoms with Crippen molar-refractivity contribution in [1.82, 2.24) is 9.78 Å². The molecule has 0 spiro atoms. The first-order valence-electron chi connectivity index (χ1n) is 6.32. The summed E-state index contributed by atoms with van der Waals surface area (Å²) in [4.78, 5) is 14.0. The zero-order valence-corrected chi connectivity index (χ0v) is 11.3. The number of rotatable bonds is 5. The van der Waals surface area contributed by atoms with Crippen molar-refractivity contribution in [2.24, 2.45) is 0 Å². The monoisotopic (exact) mass is 269 g/mol. The van der Waals surface area contributed by atoms with E-state index in [9.17, 15) is 4.79 Å². The Morgan fingerprint density at radius 2 is 2.11 bits per heavy atom. The second-order valence-corrected chi connectivity index (χ2v) is 4.75. The van der Waals surface area contributed by atoms with E-state index in [1.165, 1.54) is 4.68 Å². The predicted octanol–water partition coefficient (Wildman–Crippen LogP) is 0.790. The molecule has 1 aliphatic heterocycles. The summed E-state index contributed by atoms with van der Waals surface area (Å²) < 4.78 is 6.81. The highest BCUT2D eigenvalue weighted by Gasteiger charge is 2.12. The molecule has 1 fully saturated rings. The number of thiol groups is 1. The highest BCUT2D eigenvalue weighted by atomic mass is 32.1. The smallest absolute Gasteiger partial charge is 0.268 e. The van der Waals surface area contributed by atoms with E-state index < -0.39 is 0 Å². The summed E-state index contributed by atoms with van der Waals surface area (Å²) in [6.45, 7) is 3.74. The molecule has 2 rings (SSSR count). The summed E-state index contributed by atoms with van der Waals surface area (Å²) in [6.07, 6.45) is 3.71. The van der Waals surface area contributed by atoms with Gasteiger partial charge in [0.1, 0.15) is 0 Å². The molecule has 0 aliphatic carbocycles. The van der Waals surface area contributed by atoms with Gasteiger partial charge in [0.2, 0.25) is 0 Å². The van der Waals surface area contributed by atoms with Gasteiger partial charge in [-0.15, -0.1) is 0 Å². The fourth-order valence-electron chi connectivity index (χ4n) is 1.96. The van der Waals surface area contributed by atoms with Gasteiger partial charge in [0, 0.05) is 25.7 Å². The summed E-state index contributed by atoms with van der Waals surface area (Å²) >= 11 is 4.15. The number of nitrogens with zero attached hydrogens (tertiary/aromatic N) is 3. The van der Waals surface area contributed by atoms with Crippen molar-refractivity contribution >= 4 is 18.3 Å². The van der Waals surface area contributed by atoms with Crippen LogP contribution in [0.25, 0.3) is 0 Å². The van der Waals surface area contributed by atoms with Crippen molar-refractivity contribution in [2.75, 3.05) is 37.0 Å². The lowest BCUT2D eigenvalue weighted by Crippen LogP contribution is -2.37. The molecule has 100 valence electrons. The molecule has 0 N–H and O–H groups in total. The maximum Gasteiger partial charge on any atom is 0.268 e. The van der Waals surface area contributed by atoms with Crippen LogP contribution in [0.5, 0.6) is 0 Å². The summed E-state index contributed by atoms with van der Waals surface area (Å²) in [7, 11) is 0.